The average Bonchev–Trinajstić information content (AvgIpc) is 3.10. The van der Waals surface area contributed by atoms with E-state index in [4.69, 9.17) is 18.6 Å². The minimum Gasteiger partial charge on any atom is -0.493 e. The number of unbranched alkanes of at least 4 members (excludes halogenated alkanes) is 2. The number of fused-ring (bicyclic) bond motifs is 2. The van der Waals surface area contributed by atoms with E-state index in [0.29, 0.717) is 45.9 Å². The highest BCUT2D eigenvalue weighted by molar-refractivity contribution is 5.99. The zero-order valence-corrected chi connectivity index (χ0v) is 18.8. The zero-order chi connectivity index (χ0) is 22.8. The first-order valence-corrected chi connectivity index (χ1v) is 10.7. The minimum atomic E-state index is -0.607. The van der Waals surface area contributed by atoms with Crippen molar-refractivity contribution in [2.24, 2.45) is 0 Å². The first-order chi connectivity index (χ1) is 15.5. The van der Waals surface area contributed by atoms with E-state index in [-0.39, 0.29) is 17.1 Å². The zero-order valence-electron chi connectivity index (χ0n) is 18.8. The molecule has 0 N–H and O–H groups in total. The molecule has 2 aromatic carbocycles. The predicted molar refractivity (Wildman–Crippen MR) is 121 cm³/mol. The Balaban J connectivity index is 1.95. The van der Waals surface area contributed by atoms with Gasteiger partial charge in [-0.1, -0.05) is 31.9 Å². The number of carbonyl (C=O) groups excluding carboxylic acids is 1. The van der Waals surface area contributed by atoms with E-state index in [1.165, 1.54) is 21.3 Å². The normalized spacial score (nSPS) is 15.2. The van der Waals surface area contributed by atoms with Crippen LogP contribution in [0.2, 0.25) is 0 Å². The molecule has 0 bridgehead atoms. The highest BCUT2D eigenvalue weighted by Gasteiger charge is 2.43. The van der Waals surface area contributed by atoms with Gasteiger partial charge >= 0.3 is 0 Å². The molecule has 32 heavy (non-hydrogen) atoms. The number of nitrogens with zero attached hydrogens (tertiary/aromatic N) is 1. The third-order valence-electron chi connectivity index (χ3n) is 5.88. The van der Waals surface area contributed by atoms with Crippen molar-refractivity contribution in [1.29, 1.82) is 0 Å². The van der Waals surface area contributed by atoms with Crippen molar-refractivity contribution in [2.45, 2.75) is 32.2 Å². The molecule has 0 radical (unpaired) electrons. The van der Waals surface area contributed by atoms with Crippen LogP contribution in [0.1, 0.15) is 53.9 Å². The van der Waals surface area contributed by atoms with Crippen LogP contribution in [-0.2, 0) is 0 Å². The lowest BCUT2D eigenvalue weighted by atomic mass is 9.97. The summed E-state index contributed by atoms with van der Waals surface area (Å²) >= 11 is 0. The fourth-order valence-corrected chi connectivity index (χ4v) is 4.34. The van der Waals surface area contributed by atoms with Crippen molar-refractivity contribution in [3.05, 3.63) is 63.5 Å². The molecule has 1 aromatic heterocycles. The van der Waals surface area contributed by atoms with Crippen LogP contribution >= 0.6 is 0 Å². The van der Waals surface area contributed by atoms with Crippen molar-refractivity contribution in [1.82, 2.24) is 4.90 Å². The summed E-state index contributed by atoms with van der Waals surface area (Å²) in [5.41, 5.74) is 1.25. The Morgan fingerprint density at radius 1 is 0.969 bits per heavy atom. The Bertz CT molecular complexity index is 1190. The van der Waals surface area contributed by atoms with Gasteiger partial charge in [0.15, 0.2) is 16.9 Å². The third-order valence-corrected chi connectivity index (χ3v) is 5.88. The third kappa shape index (κ3) is 3.47. The maximum atomic E-state index is 13.5. The monoisotopic (exact) mass is 437 g/mol. The summed E-state index contributed by atoms with van der Waals surface area (Å²) in [6.07, 6.45) is 2.82. The molecular weight excluding hydrogens is 410 g/mol. The quantitative estimate of drug-likeness (QED) is 0.481. The molecule has 0 saturated heterocycles. The maximum absolute atomic E-state index is 13.5. The molecule has 1 atom stereocenters. The van der Waals surface area contributed by atoms with Gasteiger partial charge in [-0.05, 0) is 36.2 Å². The van der Waals surface area contributed by atoms with Gasteiger partial charge in [0.05, 0.1) is 38.3 Å². The summed E-state index contributed by atoms with van der Waals surface area (Å²) in [5.74, 6) is 1.19. The number of ether oxygens (including phenoxy) is 3. The van der Waals surface area contributed by atoms with Crippen LogP contribution in [0.3, 0.4) is 0 Å². The standard InChI is InChI=1S/C25H27NO6/c1-5-6-9-12-26-21(15-13-18(29-2)23(31-4)19(14-15)30-3)20-22(27)16-10-7-8-11-17(16)32-24(20)25(26)28/h7-8,10-11,13-14,21H,5-6,9,12H2,1-4H3. The lowest BCUT2D eigenvalue weighted by molar-refractivity contribution is 0.0724. The highest BCUT2D eigenvalue weighted by Crippen LogP contribution is 2.45. The van der Waals surface area contributed by atoms with E-state index in [1.807, 2.05) is 0 Å². The topological polar surface area (TPSA) is 78.2 Å². The summed E-state index contributed by atoms with van der Waals surface area (Å²) < 4.78 is 22.4. The smallest absolute Gasteiger partial charge is 0.290 e. The van der Waals surface area contributed by atoms with Gasteiger partial charge in [0.1, 0.15) is 5.58 Å². The van der Waals surface area contributed by atoms with Crippen LogP contribution in [0.5, 0.6) is 17.2 Å². The van der Waals surface area contributed by atoms with Gasteiger partial charge in [0, 0.05) is 6.54 Å². The van der Waals surface area contributed by atoms with Gasteiger partial charge in [-0.3, -0.25) is 9.59 Å². The van der Waals surface area contributed by atoms with Crippen LogP contribution in [-0.4, -0.2) is 38.7 Å². The molecular formula is C25H27NO6. The van der Waals surface area contributed by atoms with Crippen molar-refractivity contribution >= 4 is 16.9 Å². The number of amides is 1. The van der Waals surface area contributed by atoms with E-state index in [1.54, 1.807) is 41.3 Å². The second-order valence-electron chi connectivity index (χ2n) is 7.74. The second kappa shape index (κ2) is 8.94. The number of methoxy groups -OCH3 is 3. The molecule has 7 nitrogen and oxygen atoms in total. The molecule has 1 aliphatic heterocycles. The van der Waals surface area contributed by atoms with Crippen LogP contribution < -0.4 is 19.6 Å². The number of hydrogen-bond acceptors (Lipinski definition) is 6. The molecule has 3 aromatic rings. The maximum Gasteiger partial charge on any atom is 0.290 e. The van der Waals surface area contributed by atoms with Crippen LogP contribution in [0.25, 0.3) is 11.0 Å². The Morgan fingerprint density at radius 2 is 1.66 bits per heavy atom. The largest absolute Gasteiger partial charge is 0.493 e. The fraction of sp³-hybridized carbons (Fsp3) is 0.360. The Kier molecular flexibility index (Phi) is 6.08. The number of hydrogen-bond donors (Lipinski definition) is 0. The molecule has 1 aliphatic rings. The van der Waals surface area contributed by atoms with Crippen LogP contribution in [0.4, 0.5) is 0 Å². The van der Waals surface area contributed by atoms with E-state index in [0.717, 1.165) is 19.3 Å². The number of rotatable bonds is 8. The second-order valence-corrected chi connectivity index (χ2v) is 7.74. The molecule has 7 heteroatoms. The average molecular weight is 437 g/mol. The molecule has 4 rings (SSSR count). The van der Waals surface area contributed by atoms with Crippen molar-refractivity contribution in [3.63, 3.8) is 0 Å². The highest BCUT2D eigenvalue weighted by atomic mass is 16.5. The molecule has 0 saturated carbocycles. The Morgan fingerprint density at radius 3 is 2.28 bits per heavy atom. The van der Waals surface area contributed by atoms with Crippen molar-refractivity contribution in [2.75, 3.05) is 27.9 Å². The summed E-state index contributed by atoms with van der Waals surface area (Å²) in [4.78, 5) is 28.7. The molecule has 0 aliphatic carbocycles. The Labute approximate surface area is 186 Å². The summed E-state index contributed by atoms with van der Waals surface area (Å²) in [5, 5.41) is 0.451. The van der Waals surface area contributed by atoms with Gasteiger partial charge < -0.3 is 23.5 Å². The number of para-hydroxylation sites is 1. The number of benzene rings is 2. The predicted octanol–water partition coefficient (Wildman–Crippen LogP) is 4.55. The first kappa shape index (κ1) is 21.7. The Hall–Kier alpha value is -3.48. The van der Waals surface area contributed by atoms with E-state index in [2.05, 4.69) is 6.92 Å². The van der Waals surface area contributed by atoms with Gasteiger partial charge in [0.2, 0.25) is 11.5 Å². The molecule has 0 spiro atoms. The van der Waals surface area contributed by atoms with E-state index < -0.39 is 6.04 Å². The van der Waals surface area contributed by atoms with Crippen molar-refractivity contribution < 1.29 is 23.4 Å². The lowest BCUT2D eigenvalue weighted by Crippen LogP contribution is -2.30. The van der Waals surface area contributed by atoms with Crippen LogP contribution in [0, 0.1) is 0 Å². The number of carbonyl (C=O) groups is 1. The summed E-state index contributed by atoms with van der Waals surface area (Å²) in [6.45, 7) is 2.61. The van der Waals surface area contributed by atoms with Crippen molar-refractivity contribution in [3.8, 4) is 17.2 Å². The summed E-state index contributed by atoms with van der Waals surface area (Å²) in [6, 6.07) is 9.97. The summed E-state index contributed by atoms with van der Waals surface area (Å²) in [7, 11) is 4.61. The van der Waals surface area contributed by atoms with E-state index in [9.17, 15) is 9.59 Å². The van der Waals surface area contributed by atoms with E-state index >= 15 is 0 Å². The van der Waals surface area contributed by atoms with Gasteiger partial charge in [-0.25, -0.2) is 0 Å². The SMILES string of the molecule is CCCCCN1C(=O)c2oc3ccccc3c(=O)c2C1c1cc(OC)c(OC)c(OC)c1. The van der Waals surface area contributed by atoms with Gasteiger partial charge in [-0.15, -0.1) is 0 Å². The molecule has 1 unspecified atom stereocenters. The lowest BCUT2D eigenvalue weighted by Gasteiger charge is -2.26. The van der Waals surface area contributed by atoms with Gasteiger partial charge in [0.25, 0.3) is 5.91 Å². The van der Waals surface area contributed by atoms with Crippen LogP contribution in [0.15, 0.2) is 45.6 Å². The minimum absolute atomic E-state index is 0.101. The molecule has 0 fully saturated rings. The molecule has 2 heterocycles. The first-order valence-electron chi connectivity index (χ1n) is 10.7. The van der Waals surface area contributed by atoms with Gasteiger partial charge in [-0.2, -0.15) is 0 Å². The fourth-order valence-electron chi connectivity index (χ4n) is 4.34. The molecule has 168 valence electrons. The molecule has 1 amide bonds.